The van der Waals surface area contributed by atoms with Crippen molar-refractivity contribution >= 4 is 33.6 Å². The molecule has 7 nitrogen and oxygen atoms in total. The summed E-state index contributed by atoms with van der Waals surface area (Å²) in [5.74, 6) is 0.924. The summed E-state index contributed by atoms with van der Waals surface area (Å²) in [5, 5.41) is 22.1. The lowest BCUT2D eigenvalue weighted by atomic mass is 10.2. The number of phenolic OH excluding ortho intramolecular Hbond substituents is 1. The molecular formula is C17H21BrN4O3S. The average molecular weight is 441 g/mol. The summed E-state index contributed by atoms with van der Waals surface area (Å²) in [6, 6.07) is 5.17. The second-order valence-electron chi connectivity index (χ2n) is 5.94. The highest BCUT2D eigenvalue weighted by molar-refractivity contribution is 9.10. The lowest BCUT2D eigenvalue weighted by molar-refractivity contribution is -0.119. The predicted molar refractivity (Wildman–Crippen MR) is 103 cm³/mol. The van der Waals surface area contributed by atoms with Gasteiger partial charge >= 0.3 is 0 Å². The highest BCUT2D eigenvalue weighted by atomic mass is 79.9. The van der Waals surface area contributed by atoms with E-state index < -0.39 is 0 Å². The molecule has 3 rings (SSSR count). The summed E-state index contributed by atoms with van der Waals surface area (Å²) in [6.45, 7) is 3.94. The lowest BCUT2D eigenvalue weighted by Gasteiger charge is -2.11. The van der Waals surface area contributed by atoms with Crippen LogP contribution in [0.2, 0.25) is 0 Å². The highest BCUT2D eigenvalue weighted by Gasteiger charge is 2.19. The van der Waals surface area contributed by atoms with Crippen LogP contribution >= 0.6 is 27.7 Å². The molecule has 0 unspecified atom stereocenters. The van der Waals surface area contributed by atoms with Gasteiger partial charge in [0.1, 0.15) is 5.75 Å². The van der Waals surface area contributed by atoms with Crippen molar-refractivity contribution in [3.63, 3.8) is 0 Å². The van der Waals surface area contributed by atoms with Crippen molar-refractivity contribution in [1.82, 2.24) is 20.1 Å². The first-order valence-corrected chi connectivity index (χ1v) is 10.3. The SMILES string of the molecule is CCn1c(SCC(=O)NC[C@H]2CCCO2)nnc1-c1cc(Br)ccc1O. The Morgan fingerprint density at radius 2 is 2.35 bits per heavy atom. The van der Waals surface area contributed by atoms with E-state index in [0.29, 0.717) is 29.6 Å². The first kappa shape index (κ1) is 19.2. The number of nitrogens with zero attached hydrogens (tertiary/aromatic N) is 3. The van der Waals surface area contributed by atoms with Gasteiger partial charge in [-0.15, -0.1) is 10.2 Å². The molecule has 26 heavy (non-hydrogen) atoms. The first-order chi connectivity index (χ1) is 12.6. The van der Waals surface area contributed by atoms with Crippen LogP contribution in [0.4, 0.5) is 0 Å². The van der Waals surface area contributed by atoms with Gasteiger partial charge in [-0.2, -0.15) is 0 Å². The molecule has 9 heteroatoms. The third-order valence-electron chi connectivity index (χ3n) is 4.12. The fourth-order valence-electron chi connectivity index (χ4n) is 2.78. The number of phenols is 1. The number of benzene rings is 1. The molecule has 140 valence electrons. The van der Waals surface area contributed by atoms with Crippen LogP contribution in [0.5, 0.6) is 5.75 Å². The van der Waals surface area contributed by atoms with E-state index in [2.05, 4.69) is 31.4 Å². The zero-order valence-electron chi connectivity index (χ0n) is 14.4. The molecule has 0 bridgehead atoms. The lowest BCUT2D eigenvalue weighted by Crippen LogP contribution is -2.32. The van der Waals surface area contributed by atoms with E-state index in [1.807, 2.05) is 11.5 Å². The molecule has 1 saturated heterocycles. The minimum atomic E-state index is -0.0528. The van der Waals surface area contributed by atoms with Crippen LogP contribution in [0.3, 0.4) is 0 Å². The van der Waals surface area contributed by atoms with Crippen LogP contribution in [0.15, 0.2) is 27.8 Å². The molecule has 1 amide bonds. The standard InChI is InChI=1S/C17H21BrN4O3S/c1-2-22-16(13-8-11(18)5-6-14(13)23)20-21-17(22)26-10-15(24)19-9-12-4-3-7-25-12/h5-6,8,12,23H,2-4,7,9-10H2,1H3,(H,19,24)/t12-/m1/s1. The van der Waals surface area contributed by atoms with Gasteiger partial charge in [0, 0.05) is 24.2 Å². The number of aromatic hydroxyl groups is 1. The van der Waals surface area contributed by atoms with Gasteiger partial charge in [0.05, 0.1) is 17.4 Å². The van der Waals surface area contributed by atoms with Crippen molar-refractivity contribution in [3.8, 4) is 17.1 Å². The molecule has 0 aliphatic carbocycles. The Morgan fingerprint density at radius 3 is 3.08 bits per heavy atom. The molecule has 1 atom stereocenters. The van der Waals surface area contributed by atoms with Gasteiger partial charge in [0.2, 0.25) is 5.91 Å². The summed E-state index contributed by atoms with van der Waals surface area (Å²) >= 11 is 4.74. The van der Waals surface area contributed by atoms with Crippen molar-refractivity contribution in [2.24, 2.45) is 0 Å². The van der Waals surface area contributed by atoms with Crippen molar-refractivity contribution in [2.75, 3.05) is 18.9 Å². The maximum Gasteiger partial charge on any atom is 0.230 e. The number of halogens is 1. The Bertz CT molecular complexity index is 777. The number of carbonyl (C=O) groups excluding carboxylic acids is 1. The number of thioether (sulfide) groups is 1. The maximum atomic E-state index is 12.1. The fraction of sp³-hybridized carbons (Fsp3) is 0.471. The van der Waals surface area contributed by atoms with E-state index in [1.54, 1.807) is 18.2 Å². The minimum absolute atomic E-state index is 0.0528. The molecule has 2 heterocycles. The van der Waals surface area contributed by atoms with Crippen LogP contribution in [0.25, 0.3) is 11.4 Å². The third kappa shape index (κ3) is 4.57. The summed E-state index contributed by atoms with van der Waals surface area (Å²) < 4.78 is 8.23. The summed E-state index contributed by atoms with van der Waals surface area (Å²) in [4.78, 5) is 12.1. The van der Waals surface area contributed by atoms with Crippen LogP contribution < -0.4 is 5.32 Å². The van der Waals surface area contributed by atoms with Gasteiger partial charge in [-0.1, -0.05) is 27.7 Å². The topological polar surface area (TPSA) is 89.3 Å². The van der Waals surface area contributed by atoms with Crippen molar-refractivity contribution in [3.05, 3.63) is 22.7 Å². The molecule has 0 spiro atoms. The van der Waals surface area contributed by atoms with Crippen molar-refractivity contribution in [2.45, 2.75) is 37.6 Å². The quantitative estimate of drug-likeness (QED) is 0.643. The zero-order valence-corrected chi connectivity index (χ0v) is 16.8. The van der Waals surface area contributed by atoms with E-state index in [-0.39, 0.29) is 23.5 Å². The highest BCUT2D eigenvalue weighted by Crippen LogP contribution is 2.32. The molecule has 1 aromatic heterocycles. The van der Waals surface area contributed by atoms with Crippen LogP contribution in [-0.4, -0.2) is 50.8 Å². The van der Waals surface area contributed by atoms with Crippen LogP contribution in [0.1, 0.15) is 19.8 Å². The van der Waals surface area contributed by atoms with Gasteiger partial charge in [-0.3, -0.25) is 4.79 Å². The molecule has 1 fully saturated rings. The monoisotopic (exact) mass is 440 g/mol. The van der Waals surface area contributed by atoms with Gasteiger partial charge in [0.25, 0.3) is 0 Å². The van der Waals surface area contributed by atoms with E-state index >= 15 is 0 Å². The second kappa shape index (κ2) is 8.88. The van der Waals surface area contributed by atoms with Gasteiger partial charge in [0.15, 0.2) is 11.0 Å². The molecule has 0 radical (unpaired) electrons. The number of rotatable bonds is 7. The Balaban J connectivity index is 1.64. The number of aromatic nitrogens is 3. The van der Waals surface area contributed by atoms with Gasteiger partial charge in [-0.05, 0) is 38.0 Å². The summed E-state index contributed by atoms with van der Waals surface area (Å²) in [5.41, 5.74) is 0.600. The van der Waals surface area contributed by atoms with Gasteiger partial charge in [-0.25, -0.2) is 0 Å². The third-order valence-corrected chi connectivity index (χ3v) is 5.58. The van der Waals surface area contributed by atoms with E-state index in [4.69, 9.17) is 4.74 Å². The number of carbonyl (C=O) groups is 1. The van der Waals surface area contributed by atoms with Gasteiger partial charge < -0.3 is 19.7 Å². The molecule has 1 aliphatic heterocycles. The zero-order chi connectivity index (χ0) is 18.5. The molecule has 2 N–H and O–H groups in total. The first-order valence-electron chi connectivity index (χ1n) is 8.51. The number of ether oxygens (including phenoxy) is 1. The summed E-state index contributed by atoms with van der Waals surface area (Å²) in [7, 11) is 0. The van der Waals surface area contributed by atoms with E-state index in [1.165, 1.54) is 11.8 Å². The van der Waals surface area contributed by atoms with E-state index in [0.717, 1.165) is 23.9 Å². The molecular weight excluding hydrogens is 420 g/mol. The molecule has 1 aromatic carbocycles. The van der Waals surface area contributed by atoms with Crippen molar-refractivity contribution in [1.29, 1.82) is 0 Å². The molecule has 0 saturated carbocycles. The largest absolute Gasteiger partial charge is 0.507 e. The Hall–Kier alpha value is -1.58. The number of nitrogens with one attached hydrogen (secondary N) is 1. The Kier molecular flexibility index (Phi) is 6.55. The smallest absolute Gasteiger partial charge is 0.230 e. The number of amides is 1. The normalized spacial score (nSPS) is 16.8. The second-order valence-corrected chi connectivity index (χ2v) is 7.80. The van der Waals surface area contributed by atoms with E-state index in [9.17, 15) is 9.90 Å². The number of hydrogen-bond donors (Lipinski definition) is 2. The van der Waals surface area contributed by atoms with Crippen molar-refractivity contribution < 1.29 is 14.6 Å². The predicted octanol–water partition coefficient (Wildman–Crippen LogP) is 2.82. The fourth-order valence-corrected chi connectivity index (χ4v) is 3.97. The number of hydrogen-bond acceptors (Lipinski definition) is 6. The molecule has 2 aromatic rings. The van der Waals surface area contributed by atoms with Crippen LogP contribution in [0, 0.1) is 0 Å². The average Bonchev–Trinajstić information content (AvgIpc) is 3.29. The Labute approximate surface area is 164 Å². The summed E-state index contributed by atoms with van der Waals surface area (Å²) in [6.07, 6.45) is 2.19. The minimum Gasteiger partial charge on any atom is -0.507 e. The molecule has 1 aliphatic rings. The Morgan fingerprint density at radius 1 is 1.50 bits per heavy atom. The van der Waals surface area contributed by atoms with Crippen LogP contribution in [-0.2, 0) is 16.1 Å². The maximum absolute atomic E-state index is 12.1.